The average Bonchev–Trinajstić information content (AvgIpc) is 2.95. The van der Waals surface area contributed by atoms with Crippen molar-refractivity contribution in [2.24, 2.45) is 0 Å². The van der Waals surface area contributed by atoms with E-state index >= 15 is 0 Å². The fourth-order valence-electron chi connectivity index (χ4n) is 5.19. The molecule has 5 rings (SSSR count). The van der Waals surface area contributed by atoms with Gasteiger partial charge >= 0.3 is 0 Å². The van der Waals surface area contributed by atoms with Crippen LogP contribution in [0, 0.1) is 0 Å². The maximum absolute atomic E-state index is 4.21. The van der Waals surface area contributed by atoms with Crippen molar-refractivity contribution in [2.45, 2.75) is 0 Å². The van der Waals surface area contributed by atoms with Crippen molar-refractivity contribution in [1.29, 1.82) is 0 Å². The zero-order valence-corrected chi connectivity index (χ0v) is 20.4. The van der Waals surface area contributed by atoms with Gasteiger partial charge < -0.3 is 0 Å². The largest absolute Gasteiger partial charge is 0.0984 e. The molecule has 0 atom stereocenters. The number of benzene rings is 5. The Bertz CT molecular complexity index is 1610. The minimum Gasteiger partial charge on any atom is -0.0984 e. The number of rotatable bonds is 7. The maximum atomic E-state index is 4.21. The lowest BCUT2D eigenvalue weighted by Gasteiger charge is -2.20. The molecule has 0 aromatic heterocycles. The Morgan fingerprint density at radius 1 is 0.389 bits per heavy atom. The van der Waals surface area contributed by atoms with Gasteiger partial charge in [-0.2, -0.15) is 0 Å². The van der Waals surface area contributed by atoms with Crippen molar-refractivity contribution >= 4 is 35.1 Å². The van der Waals surface area contributed by atoms with Crippen LogP contribution in [-0.4, -0.2) is 0 Å². The normalized spacial score (nSPS) is 10.7. The summed E-state index contributed by atoms with van der Waals surface area (Å²) in [7, 11) is 0. The Morgan fingerprint density at radius 3 is 1.42 bits per heavy atom. The van der Waals surface area contributed by atoms with Gasteiger partial charge in [0.15, 0.2) is 0 Å². The molecule has 172 valence electrons. The first-order valence-corrected chi connectivity index (χ1v) is 12.1. The van der Waals surface area contributed by atoms with E-state index in [0.29, 0.717) is 0 Å². The standard InChI is InChI=1S/C36H28/c1-5-25-17-14-20-32(29(25)6-2)26-21-23-28(24-22-26)36-31(8-4)30(7-3)35(27-15-10-9-11-16-27)33-18-12-13-19-34(33)36/h5-24H,1-4H2. The van der Waals surface area contributed by atoms with Crippen LogP contribution in [-0.2, 0) is 0 Å². The van der Waals surface area contributed by atoms with Gasteiger partial charge in [-0.3, -0.25) is 0 Å². The van der Waals surface area contributed by atoms with E-state index in [4.69, 9.17) is 0 Å². The second-order valence-corrected chi connectivity index (χ2v) is 8.69. The molecule has 0 unspecified atom stereocenters. The molecule has 0 saturated heterocycles. The van der Waals surface area contributed by atoms with Crippen LogP contribution in [0.1, 0.15) is 22.3 Å². The van der Waals surface area contributed by atoms with Crippen LogP contribution in [0.15, 0.2) is 123 Å². The first-order valence-electron chi connectivity index (χ1n) is 12.1. The Morgan fingerprint density at radius 2 is 0.889 bits per heavy atom. The lowest BCUT2D eigenvalue weighted by atomic mass is 9.83. The molecule has 36 heavy (non-hydrogen) atoms. The Hall–Kier alpha value is -4.68. The zero-order chi connectivity index (χ0) is 25.1. The fraction of sp³-hybridized carbons (Fsp3) is 0. The lowest BCUT2D eigenvalue weighted by molar-refractivity contribution is 1.55. The molecule has 0 aliphatic carbocycles. The summed E-state index contributed by atoms with van der Waals surface area (Å²) in [5.74, 6) is 0. The Labute approximate surface area is 213 Å². The van der Waals surface area contributed by atoms with Crippen LogP contribution in [0.4, 0.5) is 0 Å². The minimum atomic E-state index is 1.08. The molecular formula is C36H28. The predicted octanol–water partition coefficient (Wildman–Crippen LogP) is 10.4. The van der Waals surface area contributed by atoms with E-state index in [-0.39, 0.29) is 0 Å². The summed E-state index contributed by atoms with van der Waals surface area (Å²) in [6.07, 6.45) is 7.70. The molecule has 0 bridgehead atoms. The van der Waals surface area contributed by atoms with E-state index in [2.05, 4.69) is 117 Å². The van der Waals surface area contributed by atoms with Gasteiger partial charge in [-0.15, -0.1) is 0 Å². The number of fused-ring (bicyclic) bond motifs is 1. The SMILES string of the molecule is C=Cc1cccc(-c2ccc(-c3c(C=C)c(C=C)c(-c4ccccc4)c4ccccc34)cc2)c1C=C. The lowest BCUT2D eigenvalue weighted by Crippen LogP contribution is -1.96. The predicted molar refractivity (Wildman–Crippen MR) is 161 cm³/mol. The third-order valence-electron chi connectivity index (χ3n) is 6.81. The number of hydrogen-bond donors (Lipinski definition) is 0. The summed E-state index contributed by atoms with van der Waals surface area (Å²) in [4.78, 5) is 0. The molecule has 5 aromatic rings. The van der Waals surface area contributed by atoms with Crippen molar-refractivity contribution in [3.8, 4) is 33.4 Å². The van der Waals surface area contributed by atoms with Gasteiger partial charge in [0, 0.05) is 0 Å². The first-order chi connectivity index (χ1) is 17.7. The Balaban J connectivity index is 1.76. The second-order valence-electron chi connectivity index (χ2n) is 8.69. The highest BCUT2D eigenvalue weighted by Gasteiger charge is 2.18. The van der Waals surface area contributed by atoms with Gasteiger partial charge in [0.05, 0.1) is 0 Å². The molecule has 0 aliphatic rings. The fourth-order valence-corrected chi connectivity index (χ4v) is 5.19. The van der Waals surface area contributed by atoms with E-state index < -0.39 is 0 Å². The highest BCUT2D eigenvalue weighted by atomic mass is 14.2. The molecule has 5 aromatic carbocycles. The van der Waals surface area contributed by atoms with E-state index in [1.54, 1.807) is 0 Å². The molecule has 0 nitrogen and oxygen atoms in total. The van der Waals surface area contributed by atoms with Gasteiger partial charge in [0.25, 0.3) is 0 Å². The molecule has 0 N–H and O–H groups in total. The van der Waals surface area contributed by atoms with Crippen molar-refractivity contribution < 1.29 is 0 Å². The zero-order valence-electron chi connectivity index (χ0n) is 20.4. The summed E-state index contributed by atoms with van der Waals surface area (Å²) in [6, 6.07) is 34.2. The van der Waals surface area contributed by atoms with Gasteiger partial charge in [-0.25, -0.2) is 0 Å². The molecule has 0 spiro atoms. The maximum Gasteiger partial charge on any atom is -0.00266 e. The van der Waals surface area contributed by atoms with Crippen LogP contribution in [0.5, 0.6) is 0 Å². The van der Waals surface area contributed by atoms with Crippen molar-refractivity contribution in [2.75, 3.05) is 0 Å². The number of hydrogen-bond acceptors (Lipinski definition) is 0. The van der Waals surface area contributed by atoms with E-state index in [0.717, 1.165) is 38.9 Å². The summed E-state index contributed by atoms with van der Waals surface area (Å²) < 4.78 is 0. The molecule has 0 fully saturated rings. The highest BCUT2D eigenvalue weighted by Crippen LogP contribution is 2.43. The smallest absolute Gasteiger partial charge is 0.00266 e. The summed E-state index contributed by atoms with van der Waals surface area (Å²) >= 11 is 0. The third-order valence-corrected chi connectivity index (χ3v) is 6.81. The van der Waals surface area contributed by atoms with Gasteiger partial charge in [-0.1, -0.05) is 148 Å². The van der Waals surface area contributed by atoms with E-state index in [1.165, 1.54) is 27.5 Å². The van der Waals surface area contributed by atoms with Gasteiger partial charge in [0.2, 0.25) is 0 Å². The highest BCUT2D eigenvalue weighted by molar-refractivity contribution is 6.11. The monoisotopic (exact) mass is 460 g/mol. The molecule has 0 heteroatoms. The summed E-state index contributed by atoms with van der Waals surface area (Å²) in [5.41, 5.74) is 11.3. The van der Waals surface area contributed by atoms with Gasteiger partial charge in [-0.05, 0) is 66.4 Å². The molecule has 0 radical (unpaired) electrons. The van der Waals surface area contributed by atoms with Crippen molar-refractivity contribution in [1.82, 2.24) is 0 Å². The van der Waals surface area contributed by atoms with E-state index in [9.17, 15) is 0 Å². The minimum absolute atomic E-state index is 1.08. The van der Waals surface area contributed by atoms with Crippen LogP contribution in [0.2, 0.25) is 0 Å². The summed E-state index contributed by atoms with van der Waals surface area (Å²) in [6.45, 7) is 16.4. The Kier molecular flexibility index (Phi) is 6.34. The van der Waals surface area contributed by atoms with Crippen LogP contribution in [0.25, 0.3) is 68.5 Å². The topological polar surface area (TPSA) is 0 Å². The first kappa shape index (κ1) is 23.1. The average molecular weight is 461 g/mol. The molecule has 0 aliphatic heterocycles. The quantitative estimate of drug-likeness (QED) is 0.227. The van der Waals surface area contributed by atoms with Gasteiger partial charge in [0.1, 0.15) is 0 Å². The van der Waals surface area contributed by atoms with Crippen molar-refractivity contribution in [3.05, 3.63) is 146 Å². The van der Waals surface area contributed by atoms with E-state index in [1.807, 2.05) is 30.4 Å². The molecular weight excluding hydrogens is 432 g/mol. The van der Waals surface area contributed by atoms with Crippen LogP contribution < -0.4 is 0 Å². The van der Waals surface area contributed by atoms with Crippen LogP contribution >= 0.6 is 0 Å². The summed E-state index contributed by atoms with van der Waals surface area (Å²) in [5, 5.41) is 2.40. The third kappa shape index (κ3) is 3.83. The van der Waals surface area contributed by atoms with Crippen molar-refractivity contribution in [3.63, 3.8) is 0 Å². The molecule has 0 heterocycles. The second kappa shape index (κ2) is 9.90. The van der Waals surface area contributed by atoms with Crippen LogP contribution in [0.3, 0.4) is 0 Å². The molecule has 0 amide bonds. The molecule has 0 saturated carbocycles.